The molecule has 38 heavy (non-hydrogen) atoms. The number of sulfonamides is 2. The van der Waals surface area contributed by atoms with Crippen LogP contribution in [-0.2, 0) is 20.0 Å². The van der Waals surface area contributed by atoms with Crippen molar-refractivity contribution >= 4 is 37.3 Å². The third-order valence-corrected chi connectivity index (χ3v) is 9.07. The molecule has 12 heteroatoms. The van der Waals surface area contributed by atoms with Gasteiger partial charge in [0.25, 0.3) is 26.0 Å². The molecule has 4 rings (SSSR count). The van der Waals surface area contributed by atoms with E-state index in [-0.39, 0.29) is 38.4 Å². The maximum Gasteiger partial charge on any atom is 0.261 e. The van der Waals surface area contributed by atoms with E-state index in [0.717, 1.165) is 25.0 Å². The molecule has 1 aliphatic heterocycles. The van der Waals surface area contributed by atoms with E-state index in [4.69, 9.17) is 4.74 Å². The van der Waals surface area contributed by atoms with Crippen LogP contribution in [0.4, 0.5) is 15.8 Å². The van der Waals surface area contributed by atoms with Crippen LogP contribution >= 0.6 is 0 Å². The number of halogens is 1. The molecular formula is C26H28FN3O6S2. The van der Waals surface area contributed by atoms with Gasteiger partial charge >= 0.3 is 0 Å². The van der Waals surface area contributed by atoms with Gasteiger partial charge in [0.05, 0.1) is 22.5 Å². The third kappa shape index (κ3) is 6.25. The zero-order valence-electron chi connectivity index (χ0n) is 20.8. The summed E-state index contributed by atoms with van der Waals surface area (Å²) in [5, 5.41) is 0. The summed E-state index contributed by atoms with van der Waals surface area (Å²) in [6.45, 7) is 3.30. The van der Waals surface area contributed by atoms with E-state index in [0.29, 0.717) is 19.0 Å². The smallest absolute Gasteiger partial charge is 0.261 e. The molecule has 9 nitrogen and oxygen atoms in total. The summed E-state index contributed by atoms with van der Waals surface area (Å²) in [5.74, 6) is 0.000729. The van der Waals surface area contributed by atoms with Crippen LogP contribution in [-0.4, -0.2) is 47.8 Å². The lowest BCUT2D eigenvalue weighted by Gasteiger charge is -2.30. The van der Waals surface area contributed by atoms with Crippen molar-refractivity contribution in [1.82, 2.24) is 4.90 Å². The van der Waals surface area contributed by atoms with Gasteiger partial charge in [0.2, 0.25) is 0 Å². The number of carbonyl (C=O) groups excluding carboxylic acids is 1. The molecule has 0 saturated carbocycles. The van der Waals surface area contributed by atoms with Crippen molar-refractivity contribution in [2.45, 2.75) is 29.6 Å². The van der Waals surface area contributed by atoms with Crippen LogP contribution in [0.5, 0.6) is 5.75 Å². The van der Waals surface area contributed by atoms with Gasteiger partial charge < -0.3 is 9.64 Å². The molecule has 0 spiro atoms. The minimum Gasteiger partial charge on any atom is -0.496 e. The van der Waals surface area contributed by atoms with Gasteiger partial charge in [-0.25, -0.2) is 21.2 Å². The third-order valence-electron chi connectivity index (χ3n) is 6.30. The monoisotopic (exact) mass is 561 g/mol. The van der Waals surface area contributed by atoms with Crippen LogP contribution in [0.25, 0.3) is 0 Å². The number of rotatable bonds is 8. The van der Waals surface area contributed by atoms with Crippen molar-refractivity contribution in [3.05, 3.63) is 78.1 Å². The van der Waals surface area contributed by atoms with Crippen molar-refractivity contribution < 1.29 is 30.8 Å². The molecule has 202 valence electrons. The molecule has 0 bridgehead atoms. The fourth-order valence-electron chi connectivity index (χ4n) is 4.05. The maximum absolute atomic E-state index is 13.2. The molecule has 0 radical (unpaired) electrons. The second-order valence-electron chi connectivity index (χ2n) is 9.08. The zero-order chi connectivity index (χ0) is 27.5. The first kappa shape index (κ1) is 27.4. The molecular weight excluding hydrogens is 533 g/mol. The first-order valence-electron chi connectivity index (χ1n) is 11.9. The first-order chi connectivity index (χ1) is 18.0. The Labute approximate surface area is 221 Å². The Morgan fingerprint density at radius 1 is 0.842 bits per heavy atom. The lowest BCUT2D eigenvalue weighted by Crippen LogP contribution is -2.38. The number of hydrogen-bond donors (Lipinski definition) is 2. The predicted molar refractivity (Wildman–Crippen MR) is 142 cm³/mol. The van der Waals surface area contributed by atoms with Gasteiger partial charge in [-0.1, -0.05) is 6.92 Å². The number of hydrogen-bond acceptors (Lipinski definition) is 6. The number of benzene rings is 3. The Morgan fingerprint density at radius 2 is 1.34 bits per heavy atom. The molecule has 3 aromatic carbocycles. The van der Waals surface area contributed by atoms with Crippen molar-refractivity contribution in [2.24, 2.45) is 5.92 Å². The average molecular weight is 562 g/mol. The number of methoxy groups -OCH3 is 1. The zero-order valence-corrected chi connectivity index (χ0v) is 22.5. The Bertz CT molecular complexity index is 1520. The standard InChI is InChI=1S/C26H28FN3O6S2/c1-18-13-15-30(16-14-18)26(31)24-17-23(11-12-25(24)36-2)38(34,35)29-21-7-9-22(10-8-21)37(32,33)28-20-5-3-19(27)4-6-20/h3-12,17-18,28-29H,13-16H2,1-2H3. The lowest BCUT2D eigenvalue weighted by molar-refractivity contribution is 0.0693. The minimum atomic E-state index is -4.11. The number of amides is 1. The minimum absolute atomic E-state index is 0.113. The summed E-state index contributed by atoms with van der Waals surface area (Å²) in [6, 6.07) is 14.0. The summed E-state index contributed by atoms with van der Waals surface area (Å²) in [6.07, 6.45) is 1.75. The number of likely N-dealkylation sites (tertiary alicyclic amines) is 1. The molecule has 1 aliphatic rings. The van der Waals surface area contributed by atoms with E-state index in [9.17, 15) is 26.0 Å². The number of nitrogens with one attached hydrogen (secondary N) is 2. The molecule has 1 saturated heterocycles. The second kappa shape index (κ2) is 11.0. The number of piperidine rings is 1. The quantitative estimate of drug-likeness (QED) is 0.423. The lowest BCUT2D eigenvalue weighted by atomic mass is 9.98. The fraction of sp³-hybridized carbons (Fsp3) is 0.269. The Kier molecular flexibility index (Phi) is 7.93. The fourth-order valence-corrected chi connectivity index (χ4v) is 6.19. The first-order valence-corrected chi connectivity index (χ1v) is 14.8. The highest BCUT2D eigenvalue weighted by molar-refractivity contribution is 7.93. The summed E-state index contributed by atoms with van der Waals surface area (Å²) in [5.41, 5.74) is 0.456. The SMILES string of the molecule is COc1ccc(S(=O)(=O)Nc2ccc(S(=O)(=O)Nc3ccc(F)cc3)cc2)cc1C(=O)N1CCC(C)CC1. The highest BCUT2D eigenvalue weighted by atomic mass is 32.2. The van der Waals surface area contributed by atoms with Crippen molar-refractivity contribution in [1.29, 1.82) is 0 Å². The molecule has 0 atom stereocenters. The van der Waals surface area contributed by atoms with Crippen LogP contribution in [0.2, 0.25) is 0 Å². The number of nitrogens with zero attached hydrogens (tertiary/aromatic N) is 1. The van der Waals surface area contributed by atoms with E-state index in [1.54, 1.807) is 4.90 Å². The van der Waals surface area contributed by atoms with Gasteiger partial charge in [-0.2, -0.15) is 0 Å². The van der Waals surface area contributed by atoms with Gasteiger partial charge in [-0.15, -0.1) is 0 Å². The molecule has 1 fully saturated rings. The van der Waals surface area contributed by atoms with Crippen molar-refractivity contribution in [2.75, 3.05) is 29.6 Å². The number of carbonyl (C=O) groups is 1. The van der Waals surface area contributed by atoms with Gasteiger partial charge in [-0.3, -0.25) is 14.2 Å². The van der Waals surface area contributed by atoms with E-state index in [1.165, 1.54) is 61.7 Å². The molecule has 2 N–H and O–H groups in total. The number of ether oxygens (including phenoxy) is 1. The van der Waals surface area contributed by atoms with Crippen LogP contribution in [0.15, 0.2) is 76.5 Å². The average Bonchev–Trinajstić information content (AvgIpc) is 2.89. The summed E-state index contributed by atoms with van der Waals surface area (Å²) in [7, 11) is -6.68. The molecule has 3 aromatic rings. The van der Waals surface area contributed by atoms with E-state index < -0.39 is 25.9 Å². The molecule has 0 aromatic heterocycles. The Balaban J connectivity index is 1.52. The van der Waals surface area contributed by atoms with Crippen LogP contribution in [0.1, 0.15) is 30.1 Å². The number of anilines is 2. The van der Waals surface area contributed by atoms with Crippen LogP contribution in [0.3, 0.4) is 0 Å². The largest absolute Gasteiger partial charge is 0.496 e. The maximum atomic E-state index is 13.2. The summed E-state index contributed by atoms with van der Waals surface area (Å²) < 4.78 is 74.6. The van der Waals surface area contributed by atoms with E-state index >= 15 is 0 Å². The molecule has 1 amide bonds. The predicted octanol–water partition coefficient (Wildman–Crippen LogP) is 4.31. The van der Waals surface area contributed by atoms with Crippen LogP contribution < -0.4 is 14.2 Å². The van der Waals surface area contributed by atoms with Crippen molar-refractivity contribution in [3.8, 4) is 5.75 Å². The molecule has 0 unspecified atom stereocenters. The van der Waals surface area contributed by atoms with Gasteiger partial charge in [0, 0.05) is 24.5 Å². The normalized spacial score (nSPS) is 14.7. The summed E-state index contributed by atoms with van der Waals surface area (Å²) >= 11 is 0. The Morgan fingerprint density at radius 3 is 1.89 bits per heavy atom. The molecule has 1 heterocycles. The van der Waals surface area contributed by atoms with Crippen molar-refractivity contribution in [3.63, 3.8) is 0 Å². The second-order valence-corrected chi connectivity index (χ2v) is 12.4. The summed E-state index contributed by atoms with van der Waals surface area (Å²) in [4.78, 5) is 14.6. The van der Waals surface area contributed by atoms with E-state index in [2.05, 4.69) is 16.4 Å². The van der Waals surface area contributed by atoms with Gasteiger partial charge in [0.15, 0.2) is 0 Å². The van der Waals surface area contributed by atoms with Gasteiger partial charge in [-0.05, 0) is 85.5 Å². The topological polar surface area (TPSA) is 122 Å². The highest BCUT2D eigenvalue weighted by Gasteiger charge is 2.26. The van der Waals surface area contributed by atoms with E-state index in [1.807, 2.05) is 0 Å². The van der Waals surface area contributed by atoms with Gasteiger partial charge in [0.1, 0.15) is 11.6 Å². The Hall–Kier alpha value is -3.64. The highest BCUT2D eigenvalue weighted by Crippen LogP contribution is 2.28. The van der Waals surface area contributed by atoms with Crippen LogP contribution in [0, 0.1) is 11.7 Å². The molecule has 0 aliphatic carbocycles.